The molecule has 2 rings (SSSR count). The van der Waals surface area contributed by atoms with Gasteiger partial charge in [0, 0.05) is 7.05 Å². The highest BCUT2D eigenvalue weighted by Crippen LogP contribution is 2.23. The first-order chi connectivity index (χ1) is 6.70. The van der Waals surface area contributed by atoms with Gasteiger partial charge in [-0.1, -0.05) is 12.1 Å². The molecule has 0 aliphatic heterocycles. The van der Waals surface area contributed by atoms with Crippen molar-refractivity contribution in [2.24, 2.45) is 7.05 Å². The van der Waals surface area contributed by atoms with Gasteiger partial charge in [-0.15, -0.1) is 0 Å². The number of hydrogen-bond acceptors (Lipinski definition) is 1. The van der Waals surface area contributed by atoms with Gasteiger partial charge in [0.15, 0.2) is 0 Å². The Morgan fingerprint density at radius 1 is 1.36 bits per heavy atom. The minimum absolute atomic E-state index is 0.256. The van der Waals surface area contributed by atoms with E-state index in [-0.39, 0.29) is 5.82 Å². The van der Waals surface area contributed by atoms with Crippen LogP contribution in [0.4, 0.5) is 4.39 Å². The summed E-state index contributed by atoms with van der Waals surface area (Å²) < 4.78 is 16.0. The van der Waals surface area contributed by atoms with Gasteiger partial charge in [0.05, 0.1) is 11.8 Å². The molecule has 2 aromatic rings. The Bertz CT molecular complexity index is 465. The molecule has 2 nitrogen and oxygen atoms in total. The van der Waals surface area contributed by atoms with Gasteiger partial charge in [-0.25, -0.2) is 9.37 Å². The maximum atomic E-state index is 13.4. The molecule has 0 saturated heterocycles. The van der Waals surface area contributed by atoms with Crippen LogP contribution >= 0.6 is 15.9 Å². The average Bonchev–Trinajstić information content (AvgIpc) is 2.49. The summed E-state index contributed by atoms with van der Waals surface area (Å²) in [7, 11) is 1.83. The molecular formula is C10H8BrFN2. The molecule has 0 fully saturated rings. The Morgan fingerprint density at radius 3 is 2.64 bits per heavy atom. The van der Waals surface area contributed by atoms with Gasteiger partial charge in [0.1, 0.15) is 16.2 Å². The standard InChI is InChI=1S/C10H8BrFN2/c1-14-9(11)6-13-10(14)7-4-2-3-5-8(7)12/h2-6H,1H3. The summed E-state index contributed by atoms with van der Waals surface area (Å²) in [5.41, 5.74) is 0.515. The molecule has 0 radical (unpaired) electrons. The van der Waals surface area contributed by atoms with Gasteiger partial charge in [0.25, 0.3) is 0 Å². The monoisotopic (exact) mass is 254 g/mol. The Kier molecular flexibility index (Phi) is 2.37. The van der Waals surface area contributed by atoms with Crippen molar-refractivity contribution in [1.82, 2.24) is 9.55 Å². The van der Waals surface area contributed by atoms with E-state index in [9.17, 15) is 4.39 Å². The molecule has 4 heteroatoms. The fourth-order valence-electron chi connectivity index (χ4n) is 1.28. The van der Waals surface area contributed by atoms with Crippen LogP contribution in [-0.4, -0.2) is 9.55 Å². The summed E-state index contributed by atoms with van der Waals surface area (Å²) in [6.45, 7) is 0. The predicted octanol–water partition coefficient (Wildman–Crippen LogP) is 2.99. The Hall–Kier alpha value is -1.16. The van der Waals surface area contributed by atoms with E-state index in [2.05, 4.69) is 20.9 Å². The maximum absolute atomic E-state index is 13.4. The highest BCUT2D eigenvalue weighted by molar-refractivity contribution is 9.10. The first-order valence-corrected chi connectivity index (χ1v) is 4.91. The van der Waals surface area contributed by atoms with Crippen molar-refractivity contribution in [1.29, 1.82) is 0 Å². The number of rotatable bonds is 1. The number of halogens is 2. The summed E-state index contributed by atoms with van der Waals surface area (Å²) in [4.78, 5) is 4.12. The largest absolute Gasteiger partial charge is 0.322 e. The van der Waals surface area contributed by atoms with Gasteiger partial charge in [-0.2, -0.15) is 0 Å². The van der Waals surface area contributed by atoms with Gasteiger partial charge in [-0.3, -0.25) is 0 Å². The molecule has 1 heterocycles. The lowest BCUT2D eigenvalue weighted by Gasteiger charge is -2.03. The highest BCUT2D eigenvalue weighted by Gasteiger charge is 2.10. The summed E-state index contributed by atoms with van der Waals surface area (Å²) in [5.74, 6) is 0.365. The minimum Gasteiger partial charge on any atom is -0.322 e. The SMILES string of the molecule is Cn1c(Br)cnc1-c1ccccc1F. The van der Waals surface area contributed by atoms with Crippen LogP contribution in [0.2, 0.25) is 0 Å². The fourth-order valence-corrected chi connectivity index (χ4v) is 1.55. The first kappa shape index (κ1) is 9.40. The second kappa shape index (κ2) is 3.53. The summed E-state index contributed by atoms with van der Waals surface area (Å²) in [5, 5.41) is 0. The molecule has 14 heavy (non-hydrogen) atoms. The van der Waals surface area contributed by atoms with Crippen LogP contribution < -0.4 is 0 Å². The van der Waals surface area contributed by atoms with E-state index in [0.29, 0.717) is 11.4 Å². The van der Waals surface area contributed by atoms with Crippen molar-refractivity contribution < 1.29 is 4.39 Å². The Morgan fingerprint density at radius 2 is 2.07 bits per heavy atom. The van der Waals surface area contributed by atoms with Crippen LogP contribution in [0.1, 0.15) is 0 Å². The molecule has 1 aromatic carbocycles. The lowest BCUT2D eigenvalue weighted by Crippen LogP contribution is -1.94. The number of benzene rings is 1. The van der Waals surface area contributed by atoms with Crippen molar-refractivity contribution in [3.8, 4) is 11.4 Å². The number of imidazole rings is 1. The Balaban J connectivity index is 2.60. The number of nitrogens with zero attached hydrogens (tertiary/aromatic N) is 2. The van der Waals surface area contributed by atoms with Gasteiger partial charge in [0.2, 0.25) is 0 Å². The second-order valence-corrected chi connectivity index (χ2v) is 3.76. The van der Waals surface area contributed by atoms with Crippen LogP contribution in [0, 0.1) is 5.82 Å². The Labute approximate surface area is 89.5 Å². The molecule has 0 spiro atoms. The summed E-state index contributed by atoms with van der Waals surface area (Å²) in [6, 6.07) is 6.60. The third-order valence-corrected chi connectivity index (χ3v) is 2.78. The fraction of sp³-hybridized carbons (Fsp3) is 0.100. The van der Waals surface area contributed by atoms with Gasteiger partial charge in [-0.05, 0) is 28.1 Å². The van der Waals surface area contributed by atoms with Gasteiger partial charge < -0.3 is 4.57 Å². The number of aromatic nitrogens is 2. The lowest BCUT2D eigenvalue weighted by atomic mass is 10.2. The van der Waals surface area contributed by atoms with Crippen LogP contribution in [0.25, 0.3) is 11.4 Å². The molecule has 0 amide bonds. The summed E-state index contributed by atoms with van der Waals surface area (Å²) in [6.07, 6.45) is 1.65. The molecular weight excluding hydrogens is 247 g/mol. The van der Waals surface area contributed by atoms with Crippen molar-refractivity contribution in [2.75, 3.05) is 0 Å². The van der Waals surface area contributed by atoms with E-state index < -0.39 is 0 Å². The van der Waals surface area contributed by atoms with Crippen LogP contribution in [0.3, 0.4) is 0 Å². The second-order valence-electron chi connectivity index (χ2n) is 2.94. The molecule has 0 unspecified atom stereocenters. The zero-order valence-electron chi connectivity index (χ0n) is 7.54. The first-order valence-electron chi connectivity index (χ1n) is 4.12. The van der Waals surface area contributed by atoms with E-state index in [1.165, 1.54) is 6.07 Å². The van der Waals surface area contributed by atoms with E-state index in [1.807, 2.05) is 7.05 Å². The minimum atomic E-state index is -0.256. The van der Waals surface area contributed by atoms with Crippen LogP contribution in [0.15, 0.2) is 35.1 Å². The topological polar surface area (TPSA) is 17.8 Å². The third-order valence-electron chi connectivity index (χ3n) is 2.05. The molecule has 0 aliphatic rings. The molecule has 0 saturated carbocycles. The molecule has 1 aromatic heterocycles. The quantitative estimate of drug-likeness (QED) is 0.765. The van der Waals surface area contributed by atoms with Crippen molar-refractivity contribution in [3.63, 3.8) is 0 Å². The van der Waals surface area contributed by atoms with Crippen molar-refractivity contribution in [2.45, 2.75) is 0 Å². The zero-order chi connectivity index (χ0) is 10.1. The van der Waals surface area contributed by atoms with Gasteiger partial charge >= 0.3 is 0 Å². The normalized spacial score (nSPS) is 10.5. The van der Waals surface area contributed by atoms with Crippen molar-refractivity contribution >= 4 is 15.9 Å². The van der Waals surface area contributed by atoms with Crippen LogP contribution in [-0.2, 0) is 7.05 Å². The molecule has 0 bridgehead atoms. The van der Waals surface area contributed by atoms with E-state index in [1.54, 1.807) is 29.0 Å². The lowest BCUT2D eigenvalue weighted by molar-refractivity contribution is 0.628. The van der Waals surface area contributed by atoms with E-state index in [0.717, 1.165) is 4.60 Å². The molecule has 72 valence electrons. The molecule has 0 N–H and O–H groups in total. The molecule has 0 aliphatic carbocycles. The average molecular weight is 255 g/mol. The highest BCUT2D eigenvalue weighted by atomic mass is 79.9. The smallest absolute Gasteiger partial charge is 0.143 e. The van der Waals surface area contributed by atoms with E-state index >= 15 is 0 Å². The van der Waals surface area contributed by atoms with Crippen LogP contribution in [0.5, 0.6) is 0 Å². The molecule has 0 atom stereocenters. The third kappa shape index (κ3) is 1.46. The number of hydrogen-bond donors (Lipinski definition) is 0. The van der Waals surface area contributed by atoms with E-state index in [4.69, 9.17) is 0 Å². The van der Waals surface area contributed by atoms with Crippen molar-refractivity contribution in [3.05, 3.63) is 40.9 Å². The maximum Gasteiger partial charge on any atom is 0.143 e. The predicted molar refractivity (Wildman–Crippen MR) is 56.3 cm³/mol. The zero-order valence-corrected chi connectivity index (χ0v) is 9.12. The summed E-state index contributed by atoms with van der Waals surface area (Å²) >= 11 is 3.32.